The third kappa shape index (κ3) is 3.41. The van der Waals surface area contributed by atoms with E-state index in [4.69, 9.17) is 5.73 Å². The molecule has 0 bridgehead atoms. The molecule has 0 aromatic carbocycles. The summed E-state index contributed by atoms with van der Waals surface area (Å²) in [5.41, 5.74) is 7.19. The first-order chi connectivity index (χ1) is 7.31. The van der Waals surface area contributed by atoms with Crippen LogP contribution < -0.4 is 11.1 Å². The molecular weight excluding hydrogens is 228 g/mol. The minimum Gasteiger partial charge on any atom is -0.394 e. The zero-order valence-corrected chi connectivity index (χ0v) is 10.6. The predicted molar refractivity (Wildman–Crippen MR) is 65.2 cm³/mol. The monoisotopic (exact) mass is 246 g/mol. The lowest BCUT2D eigenvalue weighted by atomic mass is 10.4. The number of hydrogen-bond donors (Lipinski definition) is 2. The largest absolute Gasteiger partial charge is 0.394 e. The van der Waals surface area contributed by atoms with Crippen LogP contribution in [-0.2, 0) is 16.9 Å². The average Bonchev–Trinajstić information content (AvgIpc) is 2.36. The highest BCUT2D eigenvalue weighted by molar-refractivity contribution is 7.90. The number of sulfone groups is 1. The molecule has 16 heavy (non-hydrogen) atoms. The Bertz CT molecular complexity index is 464. The lowest BCUT2D eigenvalue weighted by molar-refractivity contribution is 0.600. The number of nitrogens with two attached hydrogens (primary N) is 1. The molecule has 0 unspecified atom stereocenters. The van der Waals surface area contributed by atoms with Crippen molar-refractivity contribution in [1.29, 1.82) is 0 Å². The number of rotatable bonds is 5. The highest BCUT2D eigenvalue weighted by Gasteiger charge is 2.09. The zero-order chi connectivity index (χ0) is 12.3. The van der Waals surface area contributed by atoms with Gasteiger partial charge in [0.2, 0.25) is 0 Å². The minimum absolute atomic E-state index is 0.177. The van der Waals surface area contributed by atoms with Gasteiger partial charge in [-0.15, -0.1) is 0 Å². The Morgan fingerprint density at radius 1 is 1.50 bits per heavy atom. The van der Waals surface area contributed by atoms with Gasteiger partial charge in [-0.2, -0.15) is 5.10 Å². The van der Waals surface area contributed by atoms with Crippen LogP contribution in [-0.4, -0.2) is 36.8 Å². The zero-order valence-electron chi connectivity index (χ0n) is 9.82. The Balaban J connectivity index is 2.49. The van der Waals surface area contributed by atoms with Gasteiger partial charge in [0.25, 0.3) is 0 Å². The van der Waals surface area contributed by atoms with Crippen LogP contribution in [0.4, 0.5) is 11.5 Å². The van der Waals surface area contributed by atoms with E-state index in [1.54, 1.807) is 11.7 Å². The van der Waals surface area contributed by atoms with Gasteiger partial charge in [0.1, 0.15) is 15.7 Å². The summed E-state index contributed by atoms with van der Waals surface area (Å²) >= 11 is 0. The fraction of sp³-hybridized carbons (Fsp3) is 0.667. The fourth-order valence-electron chi connectivity index (χ4n) is 1.43. The summed E-state index contributed by atoms with van der Waals surface area (Å²) < 4.78 is 23.5. The molecule has 1 rings (SSSR count). The van der Waals surface area contributed by atoms with Gasteiger partial charge in [-0.3, -0.25) is 4.68 Å². The SMILES string of the molecule is Cc1nn(C)c(NCCCS(C)(=O)=O)c1N. The van der Waals surface area contributed by atoms with E-state index in [1.807, 2.05) is 6.92 Å². The van der Waals surface area contributed by atoms with Crippen LogP contribution in [0.25, 0.3) is 0 Å². The van der Waals surface area contributed by atoms with Gasteiger partial charge in [0.15, 0.2) is 0 Å². The van der Waals surface area contributed by atoms with Gasteiger partial charge in [-0.25, -0.2) is 8.42 Å². The Hall–Kier alpha value is -1.24. The van der Waals surface area contributed by atoms with E-state index < -0.39 is 9.84 Å². The number of aryl methyl sites for hydroxylation is 2. The molecular formula is C9H18N4O2S. The van der Waals surface area contributed by atoms with Crippen LogP contribution in [0.1, 0.15) is 12.1 Å². The van der Waals surface area contributed by atoms with Gasteiger partial charge < -0.3 is 11.1 Å². The smallest absolute Gasteiger partial charge is 0.147 e. The highest BCUT2D eigenvalue weighted by Crippen LogP contribution is 2.20. The topological polar surface area (TPSA) is 90.0 Å². The van der Waals surface area contributed by atoms with E-state index in [-0.39, 0.29) is 5.75 Å². The third-order valence-electron chi connectivity index (χ3n) is 2.25. The van der Waals surface area contributed by atoms with Crippen molar-refractivity contribution in [3.8, 4) is 0 Å². The molecule has 7 heteroatoms. The summed E-state index contributed by atoms with van der Waals surface area (Å²) in [7, 11) is -1.09. The van der Waals surface area contributed by atoms with Crippen molar-refractivity contribution in [3.63, 3.8) is 0 Å². The van der Waals surface area contributed by atoms with Gasteiger partial charge >= 0.3 is 0 Å². The number of nitrogens with one attached hydrogen (secondary N) is 1. The van der Waals surface area contributed by atoms with Crippen molar-refractivity contribution in [2.45, 2.75) is 13.3 Å². The van der Waals surface area contributed by atoms with E-state index in [9.17, 15) is 8.42 Å². The van der Waals surface area contributed by atoms with Crippen LogP contribution in [0, 0.1) is 6.92 Å². The van der Waals surface area contributed by atoms with Crippen LogP contribution >= 0.6 is 0 Å². The second kappa shape index (κ2) is 4.73. The highest BCUT2D eigenvalue weighted by atomic mass is 32.2. The first kappa shape index (κ1) is 12.8. The van der Waals surface area contributed by atoms with E-state index in [2.05, 4.69) is 10.4 Å². The van der Waals surface area contributed by atoms with E-state index in [1.165, 1.54) is 6.26 Å². The maximum Gasteiger partial charge on any atom is 0.147 e. The molecule has 0 aliphatic rings. The molecule has 0 saturated heterocycles. The van der Waals surface area contributed by atoms with Crippen molar-refractivity contribution in [1.82, 2.24) is 9.78 Å². The van der Waals surface area contributed by atoms with Crippen LogP contribution in [0.15, 0.2) is 0 Å². The van der Waals surface area contributed by atoms with E-state index >= 15 is 0 Å². The predicted octanol–water partition coefficient (Wildman–Crippen LogP) is 0.157. The molecule has 3 N–H and O–H groups in total. The van der Waals surface area contributed by atoms with Gasteiger partial charge in [-0.1, -0.05) is 0 Å². The molecule has 0 saturated carbocycles. The minimum atomic E-state index is -2.89. The molecule has 92 valence electrons. The fourth-order valence-corrected chi connectivity index (χ4v) is 2.09. The first-order valence-corrected chi connectivity index (χ1v) is 7.08. The molecule has 1 aromatic rings. The standard InChI is InChI=1S/C9H18N4O2S/c1-7-8(10)9(13(2)12-7)11-5-4-6-16(3,14)15/h11H,4-6,10H2,1-3H3. The number of nitrogens with zero attached hydrogens (tertiary/aromatic N) is 2. The number of hydrogen-bond acceptors (Lipinski definition) is 5. The van der Waals surface area contributed by atoms with Crippen molar-refractivity contribution in [2.24, 2.45) is 7.05 Å². The van der Waals surface area contributed by atoms with Gasteiger partial charge in [0.05, 0.1) is 17.1 Å². The Kier molecular flexibility index (Phi) is 3.79. The van der Waals surface area contributed by atoms with E-state index in [0.29, 0.717) is 18.7 Å². The van der Waals surface area contributed by atoms with E-state index in [0.717, 1.165) is 11.5 Å². The van der Waals surface area contributed by atoms with Crippen molar-refractivity contribution < 1.29 is 8.42 Å². The summed E-state index contributed by atoms with van der Waals surface area (Å²) in [6.45, 7) is 2.40. The number of aromatic nitrogens is 2. The second-order valence-corrected chi connectivity index (χ2v) is 6.14. The molecule has 0 radical (unpaired) electrons. The number of anilines is 2. The summed E-state index contributed by atoms with van der Waals surface area (Å²) in [6.07, 6.45) is 1.79. The van der Waals surface area contributed by atoms with Crippen molar-refractivity contribution >= 4 is 21.3 Å². The quantitative estimate of drug-likeness (QED) is 0.722. The Morgan fingerprint density at radius 2 is 2.12 bits per heavy atom. The summed E-state index contributed by atoms with van der Waals surface area (Å²) in [5.74, 6) is 0.919. The molecule has 0 amide bonds. The molecule has 0 aliphatic heterocycles. The van der Waals surface area contributed by atoms with Crippen molar-refractivity contribution in [2.75, 3.05) is 29.6 Å². The molecule has 0 aliphatic carbocycles. The summed E-state index contributed by atoms with van der Waals surface area (Å²) in [5, 5.41) is 7.23. The molecule has 0 spiro atoms. The maximum atomic E-state index is 10.9. The molecule has 0 fully saturated rings. The molecule has 1 heterocycles. The number of nitrogen functional groups attached to an aromatic ring is 1. The lowest BCUT2D eigenvalue weighted by Crippen LogP contribution is -2.12. The van der Waals surface area contributed by atoms with Gasteiger partial charge in [-0.05, 0) is 13.3 Å². The first-order valence-electron chi connectivity index (χ1n) is 5.02. The maximum absolute atomic E-state index is 10.9. The van der Waals surface area contributed by atoms with Crippen LogP contribution in [0.3, 0.4) is 0 Å². The lowest BCUT2D eigenvalue weighted by Gasteiger charge is -2.06. The van der Waals surface area contributed by atoms with Crippen molar-refractivity contribution in [3.05, 3.63) is 5.69 Å². The van der Waals surface area contributed by atoms with Gasteiger partial charge in [0, 0.05) is 19.8 Å². The normalized spacial score (nSPS) is 11.7. The Morgan fingerprint density at radius 3 is 2.56 bits per heavy atom. The second-order valence-electron chi connectivity index (χ2n) is 3.88. The summed E-state index contributed by atoms with van der Waals surface area (Å²) in [4.78, 5) is 0. The van der Waals surface area contributed by atoms with Crippen LogP contribution in [0.5, 0.6) is 0 Å². The molecule has 6 nitrogen and oxygen atoms in total. The third-order valence-corrected chi connectivity index (χ3v) is 3.28. The average molecular weight is 246 g/mol. The molecule has 0 atom stereocenters. The summed E-state index contributed by atoms with van der Waals surface area (Å²) in [6, 6.07) is 0. The van der Waals surface area contributed by atoms with Crippen LogP contribution in [0.2, 0.25) is 0 Å². The Labute approximate surface area is 95.7 Å². The molecule has 1 aromatic heterocycles.